The first-order chi connectivity index (χ1) is 9.71. The normalized spacial score (nSPS) is 12.8. The van der Waals surface area contributed by atoms with E-state index in [-0.39, 0.29) is 0 Å². The lowest BCUT2D eigenvalue weighted by Gasteiger charge is -2.14. The second-order valence-electron chi connectivity index (χ2n) is 5.51. The van der Waals surface area contributed by atoms with E-state index in [9.17, 15) is 0 Å². The summed E-state index contributed by atoms with van der Waals surface area (Å²) < 4.78 is 5.95. The highest BCUT2D eigenvalue weighted by molar-refractivity contribution is 7.12. The van der Waals surface area contributed by atoms with Crippen LogP contribution in [0.4, 0.5) is 0 Å². The lowest BCUT2D eigenvalue weighted by molar-refractivity contribution is 0.0819. The van der Waals surface area contributed by atoms with Gasteiger partial charge in [0.2, 0.25) is 0 Å². The van der Waals surface area contributed by atoms with E-state index in [1.807, 2.05) is 11.3 Å². The van der Waals surface area contributed by atoms with Gasteiger partial charge >= 0.3 is 0 Å². The van der Waals surface area contributed by atoms with Crippen LogP contribution in [0.2, 0.25) is 0 Å². The number of rotatable bonds is 11. The van der Waals surface area contributed by atoms with Crippen LogP contribution in [0.15, 0.2) is 6.07 Å². The Balaban J connectivity index is 2.35. The molecule has 0 fully saturated rings. The number of hydrogen-bond donors (Lipinski definition) is 1. The minimum absolute atomic E-state index is 0.732. The van der Waals surface area contributed by atoms with Crippen LogP contribution in [0, 0.1) is 12.8 Å². The number of unbranched alkanes of at least 4 members (excludes halogenated alkanes) is 1. The van der Waals surface area contributed by atoms with Gasteiger partial charge in [-0.3, -0.25) is 0 Å². The third kappa shape index (κ3) is 6.38. The maximum atomic E-state index is 5.95. The van der Waals surface area contributed by atoms with E-state index in [4.69, 9.17) is 4.74 Å². The molecule has 1 atom stereocenters. The molecule has 0 aromatic carbocycles. The fourth-order valence-corrected chi connectivity index (χ4v) is 3.32. The zero-order valence-electron chi connectivity index (χ0n) is 13.6. The first kappa shape index (κ1) is 17.7. The predicted molar refractivity (Wildman–Crippen MR) is 89.4 cm³/mol. The summed E-state index contributed by atoms with van der Waals surface area (Å²) >= 11 is 1.89. The van der Waals surface area contributed by atoms with Crippen molar-refractivity contribution in [3.8, 4) is 0 Å². The van der Waals surface area contributed by atoms with Gasteiger partial charge in [-0.25, -0.2) is 0 Å². The van der Waals surface area contributed by atoms with Gasteiger partial charge in [0.05, 0.1) is 6.61 Å². The lowest BCUT2D eigenvalue weighted by Crippen LogP contribution is -2.10. The van der Waals surface area contributed by atoms with Crippen LogP contribution in [0.1, 0.15) is 61.8 Å². The van der Waals surface area contributed by atoms with E-state index in [0.717, 1.165) is 32.2 Å². The van der Waals surface area contributed by atoms with Gasteiger partial charge in [0.25, 0.3) is 0 Å². The van der Waals surface area contributed by atoms with Crippen LogP contribution in [0.5, 0.6) is 0 Å². The summed E-state index contributed by atoms with van der Waals surface area (Å²) in [5, 5.41) is 3.38. The predicted octanol–water partition coefficient (Wildman–Crippen LogP) is 4.90. The Morgan fingerprint density at radius 2 is 2.10 bits per heavy atom. The minimum atomic E-state index is 0.732. The van der Waals surface area contributed by atoms with Crippen LogP contribution >= 0.6 is 11.3 Å². The van der Waals surface area contributed by atoms with Crippen LogP contribution in [-0.2, 0) is 17.9 Å². The van der Waals surface area contributed by atoms with Crippen LogP contribution < -0.4 is 5.32 Å². The largest absolute Gasteiger partial charge is 0.376 e. The monoisotopic (exact) mass is 297 g/mol. The molecular formula is C17H31NOS. The topological polar surface area (TPSA) is 21.3 Å². The molecule has 0 aliphatic heterocycles. The Hall–Kier alpha value is -0.380. The van der Waals surface area contributed by atoms with Crippen molar-refractivity contribution in [3.05, 3.63) is 21.4 Å². The number of thiophene rings is 1. The number of aryl methyl sites for hydroxylation is 1. The number of hydrogen-bond acceptors (Lipinski definition) is 3. The molecule has 20 heavy (non-hydrogen) atoms. The molecule has 1 aromatic rings. The van der Waals surface area contributed by atoms with E-state index in [1.165, 1.54) is 41.0 Å². The molecule has 116 valence electrons. The first-order valence-electron chi connectivity index (χ1n) is 8.07. The second-order valence-corrected chi connectivity index (χ2v) is 6.85. The van der Waals surface area contributed by atoms with Crippen molar-refractivity contribution in [2.24, 2.45) is 5.92 Å². The molecule has 1 N–H and O–H groups in total. The van der Waals surface area contributed by atoms with Gasteiger partial charge in [-0.2, -0.15) is 0 Å². The fourth-order valence-electron chi connectivity index (χ4n) is 2.30. The minimum Gasteiger partial charge on any atom is -0.376 e. The van der Waals surface area contributed by atoms with Crippen LogP contribution in [0.25, 0.3) is 0 Å². The van der Waals surface area contributed by atoms with Crippen molar-refractivity contribution >= 4 is 11.3 Å². The smallest absolute Gasteiger partial charge is 0.0727 e. The van der Waals surface area contributed by atoms with Crippen molar-refractivity contribution in [2.75, 3.05) is 13.2 Å². The Kier molecular flexibility index (Phi) is 9.16. The highest BCUT2D eigenvalue weighted by Gasteiger charge is 2.09. The van der Waals surface area contributed by atoms with Gasteiger partial charge in [-0.15, -0.1) is 11.3 Å². The molecule has 1 rings (SSSR count). The summed E-state index contributed by atoms with van der Waals surface area (Å²) in [7, 11) is 0. The van der Waals surface area contributed by atoms with Gasteiger partial charge < -0.3 is 10.1 Å². The molecule has 0 aliphatic carbocycles. The third-order valence-corrected chi connectivity index (χ3v) is 4.87. The van der Waals surface area contributed by atoms with Crippen molar-refractivity contribution in [1.82, 2.24) is 5.32 Å². The molecule has 0 radical (unpaired) electrons. The maximum absolute atomic E-state index is 5.95. The Bertz CT molecular complexity index is 362. The van der Waals surface area contributed by atoms with Gasteiger partial charge in [-0.1, -0.05) is 40.0 Å². The van der Waals surface area contributed by atoms with Crippen molar-refractivity contribution < 1.29 is 4.74 Å². The molecule has 0 saturated heterocycles. The van der Waals surface area contributed by atoms with Crippen LogP contribution in [-0.4, -0.2) is 13.2 Å². The summed E-state index contributed by atoms with van der Waals surface area (Å²) in [4.78, 5) is 2.82. The van der Waals surface area contributed by atoms with Gasteiger partial charge in [0.1, 0.15) is 0 Å². The van der Waals surface area contributed by atoms with Crippen molar-refractivity contribution in [1.29, 1.82) is 0 Å². The van der Waals surface area contributed by atoms with Gasteiger partial charge in [0, 0.05) is 22.9 Å². The molecule has 0 aliphatic rings. The zero-order chi connectivity index (χ0) is 14.8. The average molecular weight is 298 g/mol. The molecule has 0 saturated carbocycles. The summed E-state index contributed by atoms with van der Waals surface area (Å²) in [6, 6.07) is 2.30. The summed E-state index contributed by atoms with van der Waals surface area (Å²) in [5.74, 6) is 0.732. The Morgan fingerprint density at radius 3 is 2.75 bits per heavy atom. The Morgan fingerprint density at radius 1 is 1.30 bits per heavy atom. The summed E-state index contributed by atoms with van der Waals surface area (Å²) in [6.07, 6.45) is 5.15. The first-order valence-corrected chi connectivity index (χ1v) is 8.89. The van der Waals surface area contributed by atoms with E-state index in [1.54, 1.807) is 0 Å². The van der Waals surface area contributed by atoms with Gasteiger partial charge in [0.15, 0.2) is 0 Å². The lowest BCUT2D eigenvalue weighted by atomic mass is 10.0. The molecule has 1 aromatic heterocycles. The summed E-state index contributed by atoms with van der Waals surface area (Å²) in [6.45, 7) is 12.6. The highest BCUT2D eigenvalue weighted by Crippen LogP contribution is 2.23. The van der Waals surface area contributed by atoms with Crippen molar-refractivity contribution in [2.45, 2.75) is 66.5 Å². The molecule has 0 bridgehead atoms. The third-order valence-electron chi connectivity index (χ3n) is 3.78. The second kappa shape index (κ2) is 10.4. The molecule has 3 heteroatoms. The van der Waals surface area contributed by atoms with E-state index >= 15 is 0 Å². The molecule has 2 nitrogen and oxygen atoms in total. The van der Waals surface area contributed by atoms with Crippen molar-refractivity contribution in [3.63, 3.8) is 0 Å². The molecular weight excluding hydrogens is 266 g/mol. The fraction of sp³-hybridized carbons (Fsp3) is 0.765. The zero-order valence-corrected chi connectivity index (χ0v) is 14.4. The number of ether oxygens (including phenoxy) is 1. The maximum Gasteiger partial charge on any atom is 0.0727 e. The average Bonchev–Trinajstić information content (AvgIpc) is 2.80. The quantitative estimate of drug-likeness (QED) is 0.627. The SMILES string of the molecule is CCCCC(CC)COCc1cc(CNCC)sc1C. The molecule has 1 unspecified atom stereocenters. The van der Waals surface area contributed by atoms with E-state index < -0.39 is 0 Å². The molecule has 1 heterocycles. The van der Waals surface area contributed by atoms with E-state index in [2.05, 4.69) is 39.1 Å². The summed E-state index contributed by atoms with van der Waals surface area (Å²) in [5.41, 5.74) is 1.37. The highest BCUT2D eigenvalue weighted by atomic mass is 32.1. The Labute approximate surface area is 128 Å². The number of nitrogens with one attached hydrogen (secondary N) is 1. The standard InChI is InChI=1S/C17H31NOS/c1-5-8-9-15(6-2)12-19-13-16-10-17(11-18-7-3)20-14(16)4/h10,15,18H,5-9,11-13H2,1-4H3. The van der Waals surface area contributed by atoms with E-state index in [0.29, 0.717) is 0 Å². The molecule has 0 spiro atoms. The van der Waals surface area contributed by atoms with Crippen LogP contribution in [0.3, 0.4) is 0 Å². The van der Waals surface area contributed by atoms with Gasteiger partial charge in [-0.05, 0) is 37.4 Å². The molecule has 0 amide bonds.